The quantitative estimate of drug-likeness (QED) is 0.415. The van der Waals surface area contributed by atoms with Crippen molar-refractivity contribution in [2.24, 2.45) is 0 Å². The Kier molecular flexibility index (Phi) is 6.46. The summed E-state index contributed by atoms with van der Waals surface area (Å²) in [7, 11) is 3.37. The number of fused-ring (bicyclic) bond motifs is 1. The minimum atomic E-state index is -0.428. The zero-order valence-corrected chi connectivity index (χ0v) is 21.4. The number of benzene rings is 3. The van der Waals surface area contributed by atoms with Crippen LogP contribution in [0, 0.1) is 0 Å². The molecule has 0 heterocycles. The number of nitrogens with zero attached hydrogens (tertiary/aromatic N) is 1. The van der Waals surface area contributed by atoms with Crippen molar-refractivity contribution in [3.63, 3.8) is 0 Å². The van der Waals surface area contributed by atoms with Crippen LogP contribution in [-0.2, 0) is 15.6 Å². The van der Waals surface area contributed by atoms with Gasteiger partial charge in [0.2, 0.25) is 0 Å². The van der Waals surface area contributed by atoms with Gasteiger partial charge in [-0.1, -0.05) is 45.9 Å². The summed E-state index contributed by atoms with van der Waals surface area (Å²) in [5.41, 5.74) is 6.29. The maximum atomic E-state index is 13.3. The van der Waals surface area contributed by atoms with Gasteiger partial charge in [0.15, 0.2) is 0 Å². The molecule has 3 aromatic carbocycles. The molecule has 1 aliphatic carbocycles. The van der Waals surface area contributed by atoms with E-state index in [1.807, 2.05) is 25.2 Å². The second-order valence-electron chi connectivity index (χ2n) is 10.6. The molecule has 1 aliphatic rings. The maximum Gasteiger partial charge on any atom is 0.337 e. The van der Waals surface area contributed by atoms with Crippen LogP contribution in [0.15, 0.2) is 66.7 Å². The van der Waals surface area contributed by atoms with Crippen LogP contribution < -0.4 is 10.2 Å². The first kappa shape index (κ1) is 24.5. The fourth-order valence-corrected chi connectivity index (χ4v) is 4.84. The molecule has 35 heavy (non-hydrogen) atoms. The number of esters is 1. The largest absolute Gasteiger partial charge is 0.465 e. The van der Waals surface area contributed by atoms with Crippen LogP contribution in [0.1, 0.15) is 72.4 Å². The Morgan fingerprint density at radius 3 is 1.94 bits per heavy atom. The molecule has 1 N–H and O–H groups in total. The van der Waals surface area contributed by atoms with Gasteiger partial charge >= 0.3 is 5.97 Å². The van der Waals surface area contributed by atoms with Crippen molar-refractivity contribution in [3.05, 3.63) is 89.0 Å². The van der Waals surface area contributed by atoms with Crippen molar-refractivity contribution in [3.8, 4) is 0 Å². The van der Waals surface area contributed by atoms with E-state index < -0.39 is 5.97 Å². The van der Waals surface area contributed by atoms with E-state index >= 15 is 0 Å². The van der Waals surface area contributed by atoms with Crippen molar-refractivity contribution in [2.75, 3.05) is 24.4 Å². The Morgan fingerprint density at radius 1 is 0.829 bits per heavy atom. The Bertz CT molecular complexity index is 1240. The smallest absolute Gasteiger partial charge is 0.337 e. The molecule has 0 radical (unpaired) electrons. The molecule has 0 bridgehead atoms. The van der Waals surface area contributed by atoms with Crippen LogP contribution in [0.4, 0.5) is 17.1 Å². The molecule has 0 spiro atoms. The second-order valence-corrected chi connectivity index (χ2v) is 10.6. The zero-order valence-electron chi connectivity index (χ0n) is 21.4. The fraction of sp³-hybridized carbons (Fsp3) is 0.333. The highest BCUT2D eigenvalue weighted by Gasteiger charge is 2.38. The number of ether oxygens (including phenoxy) is 1. The van der Waals surface area contributed by atoms with E-state index in [2.05, 4.69) is 62.2 Å². The van der Waals surface area contributed by atoms with Gasteiger partial charge < -0.3 is 15.0 Å². The first-order valence-electron chi connectivity index (χ1n) is 12.0. The lowest BCUT2D eigenvalue weighted by molar-refractivity contribution is 0.0600. The van der Waals surface area contributed by atoms with Gasteiger partial charge in [0.1, 0.15) is 0 Å². The number of rotatable bonds is 5. The monoisotopic (exact) mass is 470 g/mol. The molecule has 0 aliphatic heterocycles. The van der Waals surface area contributed by atoms with Crippen molar-refractivity contribution >= 4 is 28.9 Å². The topological polar surface area (TPSA) is 58.6 Å². The van der Waals surface area contributed by atoms with Gasteiger partial charge in [-0.25, -0.2) is 4.79 Å². The summed E-state index contributed by atoms with van der Waals surface area (Å²) >= 11 is 0. The third kappa shape index (κ3) is 4.81. The predicted molar refractivity (Wildman–Crippen MR) is 142 cm³/mol. The minimum absolute atomic E-state index is 0.0103. The van der Waals surface area contributed by atoms with E-state index in [0.717, 1.165) is 29.9 Å². The number of para-hydroxylation sites is 1. The van der Waals surface area contributed by atoms with E-state index in [1.54, 1.807) is 24.3 Å². The van der Waals surface area contributed by atoms with Gasteiger partial charge in [-0.3, -0.25) is 4.79 Å². The number of carbonyl (C=O) groups excluding carboxylic acids is 2. The number of methoxy groups -OCH3 is 1. The number of amides is 1. The van der Waals surface area contributed by atoms with Gasteiger partial charge in [-0.05, 0) is 83.3 Å². The maximum absolute atomic E-state index is 13.3. The van der Waals surface area contributed by atoms with E-state index in [-0.39, 0.29) is 16.7 Å². The van der Waals surface area contributed by atoms with E-state index in [4.69, 9.17) is 4.74 Å². The van der Waals surface area contributed by atoms with Crippen molar-refractivity contribution < 1.29 is 14.3 Å². The molecule has 4 rings (SSSR count). The summed E-state index contributed by atoms with van der Waals surface area (Å²) in [5, 5.41) is 3.16. The summed E-state index contributed by atoms with van der Waals surface area (Å²) in [6, 6.07) is 21.1. The lowest BCUT2D eigenvalue weighted by atomic mass is 9.63. The average Bonchev–Trinajstić information content (AvgIpc) is 2.86. The summed E-state index contributed by atoms with van der Waals surface area (Å²) in [5.74, 6) is -0.653. The van der Waals surface area contributed by atoms with Crippen LogP contribution in [0.2, 0.25) is 0 Å². The van der Waals surface area contributed by atoms with Crippen LogP contribution in [-0.4, -0.2) is 26.0 Å². The lowest BCUT2D eigenvalue weighted by Gasteiger charge is -2.43. The standard InChI is InChI=1S/C30H34N2O3/c1-29(2)16-17-30(3,4)24-19-26(32(5)22-10-8-7-9-11-22)25(18-23(24)29)31-27(33)20-12-14-21(15-13-20)28(34)35-6/h7-15,18-19H,16-17H2,1-6H3,(H,31,33). The highest BCUT2D eigenvalue weighted by Crippen LogP contribution is 2.49. The van der Waals surface area contributed by atoms with Crippen LogP contribution >= 0.6 is 0 Å². The zero-order chi connectivity index (χ0) is 25.4. The number of hydrogen-bond acceptors (Lipinski definition) is 4. The summed E-state index contributed by atoms with van der Waals surface area (Å²) < 4.78 is 4.76. The Hall–Kier alpha value is -3.60. The molecule has 3 aromatic rings. The second kappa shape index (κ2) is 9.21. The minimum Gasteiger partial charge on any atom is -0.465 e. The van der Waals surface area contributed by atoms with E-state index in [9.17, 15) is 9.59 Å². The number of carbonyl (C=O) groups is 2. The fourth-order valence-electron chi connectivity index (χ4n) is 4.84. The molecule has 0 unspecified atom stereocenters. The highest BCUT2D eigenvalue weighted by molar-refractivity contribution is 6.07. The van der Waals surface area contributed by atoms with Crippen LogP contribution in [0.3, 0.4) is 0 Å². The van der Waals surface area contributed by atoms with Gasteiger partial charge in [-0.2, -0.15) is 0 Å². The first-order chi connectivity index (χ1) is 16.5. The third-order valence-electron chi connectivity index (χ3n) is 7.29. The molecular weight excluding hydrogens is 436 g/mol. The third-order valence-corrected chi connectivity index (χ3v) is 7.29. The molecule has 1 amide bonds. The Labute approximate surface area is 208 Å². The predicted octanol–water partition coefficient (Wildman–Crippen LogP) is 6.84. The van der Waals surface area contributed by atoms with Gasteiger partial charge in [0, 0.05) is 18.3 Å². The first-order valence-corrected chi connectivity index (χ1v) is 12.0. The molecule has 0 saturated carbocycles. The molecule has 0 fully saturated rings. The molecule has 5 nitrogen and oxygen atoms in total. The number of hydrogen-bond donors (Lipinski definition) is 1. The number of nitrogens with one attached hydrogen (secondary N) is 1. The van der Waals surface area contributed by atoms with E-state index in [1.165, 1.54) is 18.2 Å². The highest BCUT2D eigenvalue weighted by atomic mass is 16.5. The molecule has 0 aromatic heterocycles. The van der Waals surface area contributed by atoms with Crippen LogP contribution in [0.25, 0.3) is 0 Å². The van der Waals surface area contributed by atoms with Crippen molar-refractivity contribution in [1.29, 1.82) is 0 Å². The SMILES string of the molecule is COC(=O)c1ccc(C(=O)Nc2cc3c(cc2N(C)c2ccccc2)C(C)(C)CCC3(C)C)cc1. The Morgan fingerprint density at radius 2 is 1.37 bits per heavy atom. The molecule has 0 atom stereocenters. The Balaban J connectivity index is 1.78. The summed E-state index contributed by atoms with van der Waals surface area (Å²) in [4.78, 5) is 27.2. The normalized spacial score (nSPS) is 15.6. The molecule has 5 heteroatoms. The van der Waals surface area contributed by atoms with Gasteiger partial charge in [0.05, 0.1) is 24.0 Å². The summed E-state index contributed by atoms with van der Waals surface area (Å²) in [6.45, 7) is 9.15. The molecule has 0 saturated heterocycles. The van der Waals surface area contributed by atoms with Gasteiger partial charge in [0.25, 0.3) is 5.91 Å². The average molecular weight is 471 g/mol. The van der Waals surface area contributed by atoms with Crippen LogP contribution in [0.5, 0.6) is 0 Å². The van der Waals surface area contributed by atoms with Gasteiger partial charge in [-0.15, -0.1) is 0 Å². The summed E-state index contributed by atoms with van der Waals surface area (Å²) in [6.07, 6.45) is 2.20. The number of anilines is 3. The lowest BCUT2D eigenvalue weighted by Crippen LogP contribution is -2.34. The molecule has 182 valence electrons. The van der Waals surface area contributed by atoms with E-state index in [0.29, 0.717) is 11.1 Å². The molecular formula is C30H34N2O3. The van der Waals surface area contributed by atoms with Crippen molar-refractivity contribution in [2.45, 2.75) is 51.4 Å². The van der Waals surface area contributed by atoms with Crippen molar-refractivity contribution in [1.82, 2.24) is 0 Å².